The van der Waals surface area contributed by atoms with E-state index in [9.17, 15) is 9.50 Å². The summed E-state index contributed by atoms with van der Waals surface area (Å²) < 4.78 is 14.2. The highest BCUT2D eigenvalue weighted by Crippen LogP contribution is 2.42. The van der Waals surface area contributed by atoms with E-state index in [1.807, 2.05) is 44.2 Å². The molecule has 2 unspecified atom stereocenters. The van der Waals surface area contributed by atoms with Crippen LogP contribution in [0.3, 0.4) is 0 Å². The molecule has 2 aromatic carbocycles. The van der Waals surface area contributed by atoms with E-state index >= 15 is 0 Å². The lowest BCUT2D eigenvalue weighted by Gasteiger charge is -2.23. The van der Waals surface area contributed by atoms with Crippen LogP contribution in [-0.4, -0.2) is 11.7 Å². The maximum atomic E-state index is 14.2. The summed E-state index contributed by atoms with van der Waals surface area (Å²) in [7, 11) is 0. The van der Waals surface area contributed by atoms with Gasteiger partial charge in [-0.15, -0.1) is 11.8 Å². The fourth-order valence-corrected chi connectivity index (χ4v) is 3.46. The third-order valence-electron chi connectivity index (χ3n) is 3.34. The van der Waals surface area contributed by atoms with Gasteiger partial charge in [-0.2, -0.15) is 0 Å². The number of rotatable bonds is 5. The number of aliphatic hydroxyl groups excluding tert-OH is 1. The third kappa shape index (κ3) is 4.22. The fraction of sp³-hybridized carbons (Fsp3) is 0.294. The number of hydrogen-bond acceptors (Lipinski definition) is 2. The molecule has 1 N–H and O–H groups in total. The summed E-state index contributed by atoms with van der Waals surface area (Å²) in [5.74, 6) is -0.283. The molecule has 1 nitrogen and oxygen atoms in total. The largest absolute Gasteiger partial charge is 0.396 e. The zero-order valence-corrected chi connectivity index (χ0v) is 13.6. The molecule has 112 valence electrons. The van der Waals surface area contributed by atoms with Gasteiger partial charge in [0.25, 0.3) is 0 Å². The van der Waals surface area contributed by atoms with Gasteiger partial charge in [-0.25, -0.2) is 4.39 Å². The summed E-state index contributed by atoms with van der Waals surface area (Å²) in [6.07, 6.45) is 0. The van der Waals surface area contributed by atoms with Gasteiger partial charge in [-0.05, 0) is 43.2 Å². The van der Waals surface area contributed by atoms with Gasteiger partial charge in [0.2, 0.25) is 0 Å². The average molecular weight is 325 g/mol. The second-order valence-electron chi connectivity index (χ2n) is 5.18. The van der Waals surface area contributed by atoms with Crippen LogP contribution in [0, 0.1) is 18.7 Å². The molecule has 0 aliphatic carbocycles. The Morgan fingerprint density at radius 3 is 2.48 bits per heavy atom. The summed E-state index contributed by atoms with van der Waals surface area (Å²) in [5, 5.41) is 10.0. The highest BCUT2D eigenvalue weighted by Gasteiger charge is 2.23. The summed E-state index contributed by atoms with van der Waals surface area (Å²) in [4.78, 5) is 1.01. The van der Waals surface area contributed by atoms with Crippen molar-refractivity contribution >= 4 is 23.4 Å². The highest BCUT2D eigenvalue weighted by atomic mass is 35.5. The summed E-state index contributed by atoms with van der Waals surface area (Å²) >= 11 is 7.44. The van der Waals surface area contributed by atoms with Crippen LogP contribution in [0.1, 0.15) is 23.3 Å². The molecule has 4 heteroatoms. The predicted molar refractivity (Wildman–Crippen MR) is 87.4 cm³/mol. The van der Waals surface area contributed by atoms with Crippen molar-refractivity contribution in [1.82, 2.24) is 0 Å². The number of halogens is 2. The molecule has 0 aromatic heterocycles. The molecule has 0 amide bonds. The molecular formula is C17H18ClFOS. The van der Waals surface area contributed by atoms with E-state index in [-0.39, 0.29) is 23.6 Å². The second-order valence-corrected chi connectivity index (χ2v) is 6.83. The Labute approximate surface area is 134 Å². The molecule has 0 aliphatic rings. The van der Waals surface area contributed by atoms with Crippen LogP contribution >= 0.6 is 23.4 Å². The first-order valence-corrected chi connectivity index (χ1v) is 8.06. The monoisotopic (exact) mass is 324 g/mol. The van der Waals surface area contributed by atoms with Gasteiger partial charge in [0, 0.05) is 27.3 Å². The van der Waals surface area contributed by atoms with Gasteiger partial charge in [0.05, 0.1) is 0 Å². The fourth-order valence-electron chi connectivity index (χ4n) is 2.12. The minimum atomic E-state index is -0.229. The molecule has 0 fully saturated rings. The van der Waals surface area contributed by atoms with Crippen molar-refractivity contribution in [2.45, 2.75) is 24.0 Å². The van der Waals surface area contributed by atoms with Gasteiger partial charge in [-0.3, -0.25) is 0 Å². The molecule has 0 aliphatic heterocycles. The van der Waals surface area contributed by atoms with E-state index in [4.69, 9.17) is 11.6 Å². The minimum absolute atomic E-state index is 0.0125. The quantitative estimate of drug-likeness (QED) is 0.758. The molecule has 0 saturated heterocycles. The van der Waals surface area contributed by atoms with Gasteiger partial charge < -0.3 is 5.11 Å². The lowest BCUT2D eigenvalue weighted by atomic mass is 9.99. The zero-order chi connectivity index (χ0) is 15.4. The van der Waals surface area contributed by atoms with Crippen molar-refractivity contribution in [3.05, 3.63) is 64.4 Å². The number of benzene rings is 2. The Kier molecular flexibility index (Phi) is 5.68. The van der Waals surface area contributed by atoms with Crippen LogP contribution < -0.4 is 0 Å². The first-order chi connectivity index (χ1) is 10.0. The van der Waals surface area contributed by atoms with Crippen molar-refractivity contribution < 1.29 is 9.50 Å². The van der Waals surface area contributed by atoms with Crippen LogP contribution in [0.2, 0.25) is 5.02 Å². The minimum Gasteiger partial charge on any atom is -0.396 e. The molecule has 0 saturated carbocycles. The SMILES string of the molecule is Cc1ccc(F)c(C(Sc2ccc(Cl)cc2)C(C)CO)c1. The Morgan fingerprint density at radius 1 is 1.19 bits per heavy atom. The van der Waals surface area contributed by atoms with Crippen LogP contribution in [0.5, 0.6) is 0 Å². The van der Waals surface area contributed by atoms with Crippen molar-refractivity contribution in [2.75, 3.05) is 6.61 Å². The van der Waals surface area contributed by atoms with E-state index in [1.54, 1.807) is 17.8 Å². The number of hydrogen-bond donors (Lipinski definition) is 1. The van der Waals surface area contributed by atoms with E-state index in [0.717, 1.165) is 10.5 Å². The van der Waals surface area contributed by atoms with E-state index < -0.39 is 0 Å². The third-order valence-corrected chi connectivity index (χ3v) is 5.11. The summed E-state index contributed by atoms with van der Waals surface area (Å²) in [6, 6.07) is 12.6. The van der Waals surface area contributed by atoms with Crippen LogP contribution in [0.25, 0.3) is 0 Å². The highest BCUT2D eigenvalue weighted by molar-refractivity contribution is 7.99. The first-order valence-electron chi connectivity index (χ1n) is 6.80. The number of aryl methyl sites for hydroxylation is 1. The van der Waals surface area contributed by atoms with Crippen molar-refractivity contribution in [1.29, 1.82) is 0 Å². The number of thioether (sulfide) groups is 1. The predicted octanol–water partition coefficient (Wildman–Crippen LogP) is 5.25. The van der Waals surface area contributed by atoms with Gasteiger partial charge in [-0.1, -0.05) is 36.2 Å². The second kappa shape index (κ2) is 7.30. The smallest absolute Gasteiger partial charge is 0.127 e. The molecule has 2 rings (SSSR count). The molecule has 2 aromatic rings. The number of aliphatic hydroxyl groups is 1. The van der Waals surface area contributed by atoms with Crippen molar-refractivity contribution in [3.63, 3.8) is 0 Å². The molecule has 2 atom stereocenters. The van der Waals surface area contributed by atoms with Crippen molar-refractivity contribution in [3.8, 4) is 0 Å². The molecular weight excluding hydrogens is 307 g/mol. The Hall–Kier alpha value is -1.03. The van der Waals surface area contributed by atoms with Gasteiger partial charge in [0.15, 0.2) is 0 Å². The molecule has 0 bridgehead atoms. The standard InChI is InChI=1S/C17H18ClFOS/c1-11-3-8-16(19)15(9-11)17(12(2)10-20)21-14-6-4-13(18)5-7-14/h3-9,12,17,20H,10H2,1-2H3. The van der Waals surface area contributed by atoms with Crippen LogP contribution in [0.4, 0.5) is 4.39 Å². The lowest BCUT2D eigenvalue weighted by molar-refractivity contribution is 0.234. The van der Waals surface area contributed by atoms with Crippen LogP contribution in [0.15, 0.2) is 47.4 Å². The summed E-state index contributed by atoms with van der Waals surface area (Å²) in [5.41, 5.74) is 1.65. The Balaban J connectivity index is 2.34. The Morgan fingerprint density at radius 2 is 1.86 bits per heavy atom. The van der Waals surface area contributed by atoms with E-state index in [1.165, 1.54) is 6.07 Å². The topological polar surface area (TPSA) is 20.2 Å². The Bertz CT molecular complexity index is 600. The lowest BCUT2D eigenvalue weighted by Crippen LogP contribution is -2.12. The zero-order valence-electron chi connectivity index (χ0n) is 12.0. The van der Waals surface area contributed by atoms with E-state index in [0.29, 0.717) is 10.6 Å². The maximum absolute atomic E-state index is 14.2. The van der Waals surface area contributed by atoms with E-state index in [2.05, 4.69) is 0 Å². The van der Waals surface area contributed by atoms with Crippen molar-refractivity contribution in [2.24, 2.45) is 5.92 Å². The molecule has 0 radical (unpaired) electrons. The van der Waals surface area contributed by atoms with Gasteiger partial charge >= 0.3 is 0 Å². The average Bonchev–Trinajstić information content (AvgIpc) is 2.48. The van der Waals surface area contributed by atoms with Gasteiger partial charge in [0.1, 0.15) is 5.82 Å². The molecule has 21 heavy (non-hydrogen) atoms. The van der Waals surface area contributed by atoms with Crippen LogP contribution in [-0.2, 0) is 0 Å². The summed E-state index contributed by atoms with van der Waals surface area (Å²) in [6.45, 7) is 3.88. The first kappa shape index (κ1) is 16.3. The normalized spacial score (nSPS) is 14.0. The maximum Gasteiger partial charge on any atom is 0.127 e. The molecule has 0 heterocycles. The molecule has 0 spiro atoms.